The second-order valence-corrected chi connectivity index (χ2v) is 13.7. The lowest BCUT2D eigenvalue weighted by Gasteiger charge is -2.47. The minimum Gasteiger partial charge on any atom is -0.506 e. The van der Waals surface area contributed by atoms with Gasteiger partial charge in [0.2, 0.25) is 6.29 Å². The monoisotopic (exact) mass is 733 g/mol. The highest BCUT2D eigenvalue weighted by atomic mass is 16.7. The number of phenols is 1. The van der Waals surface area contributed by atoms with Gasteiger partial charge in [0.15, 0.2) is 23.2 Å². The summed E-state index contributed by atoms with van der Waals surface area (Å²) in [5.74, 6) is 1.90. The highest BCUT2D eigenvalue weighted by Crippen LogP contribution is 2.44. The number of benzene rings is 3. The lowest BCUT2D eigenvalue weighted by molar-refractivity contribution is -0.327. The van der Waals surface area contributed by atoms with Gasteiger partial charge in [0.1, 0.15) is 47.7 Å². The van der Waals surface area contributed by atoms with Crippen LogP contribution in [0.5, 0.6) is 17.2 Å². The average molecular weight is 734 g/mol. The number of allylic oxidation sites excluding steroid dienone is 4. The average Bonchev–Trinajstić information content (AvgIpc) is 3.72. The molecular formula is C41H37N2O11+. The number of aromatic hydroxyl groups is 1. The molecule has 13 heteroatoms. The largest absolute Gasteiger partial charge is 0.506 e. The van der Waals surface area contributed by atoms with Gasteiger partial charge in [-0.15, -0.1) is 0 Å². The van der Waals surface area contributed by atoms with Gasteiger partial charge in [-0.25, -0.2) is 0 Å². The molecule has 4 aliphatic heterocycles. The number of ketones is 1. The van der Waals surface area contributed by atoms with E-state index in [-0.39, 0.29) is 55.3 Å². The van der Waals surface area contributed by atoms with Crippen molar-refractivity contribution in [3.63, 3.8) is 0 Å². The number of aliphatic imine (C=N–C) groups is 1. The van der Waals surface area contributed by atoms with Crippen LogP contribution in [0.4, 0.5) is 0 Å². The highest BCUT2D eigenvalue weighted by Gasteiger charge is 2.58. The third kappa shape index (κ3) is 5.98. The van der Waals surface area contributed by atoms with E-state index in [1.807, 2.05) is 30.7 Å². The molecule has 3 aromatic rings. The summed E-state index contributed by atoms with van der Waals surface area (Å²) in [6, 6.07) is 9.99. The zero-order chi connectivity index (χ0) is 37.7. The first kappa shape index (κ1) is 35.4. The number of hydrogen-bond donors (Lipinski definition) is 4. The van der Waals surface area contributed by atoms with E-state index in [4.69, 9.17) is 23.7 Å². The van der Waals surface area contributed by atoms with Crippen LogP contribution in [0.3, 0.4) is 0 Å². The molecule has 0 spiro atoms. The number of ether oxygens (including phenoxy) is 5. The van der Waals surface area contributed by atoms with Gasteiger partial charge in [0.05, 0.1) is 49.6 Å². The Bertz CT molecular complexity index is 2260. The highest BCUT2D eigenvalue weighted by molar-refractivity contribution is 6.10. The zero-order valence-corrected chi connectivity index (χ0v) is 29.4. The van der Waals surface area contributed by atoms with E-state index in [9.17, 15) is 30.0 Å². The van der Waals surface area contributed by atoms with E-state index in [0.717, 1.165) is 22.4 Å². The van der Waals surface area contributed by atoms with Crippen molar-refractivity contribution >= 4 is 28.7 Å². The fourth-order valence-electron chi connectivity index (χ4n) is 7.57. The molecule has 4 N–H and O–H groups in total. The number of aliphatic hydroxyl groups excluding tert-OH is 2. The number of aliphatic hydroxyl groups is 3. The van der Waals surface area contributed by atoms with Gasteiger partial charge in [-0.1, -0.05) is 24.1 Å². The van der Waals surface area contributed by atoms with Crippen molar-refractivity contribution in [2.24, 2.45) is 4.99 Å². The Labute approximate surface area is 310 Å². The van der Waals surface area contributed by atoms with Gasteiger partial charge in [-0.05, 0) is 41.1 Å². The molecule has 276 valence electrons. The maximum atomic E-state index is 14.0. The number of methoxy groups -OCH3 is 1. The number of fused-ring (bicyclic) bond motifs is 5. The number of aryl methyl sites for hydroxylation is 1. The molecule has 4 heterocycles. The number of carbonyl (C=O) groups excluding carboxylic acids is 2. The van der Waals surface area contributed by atoms with E-state index in [0.29, 0.717) is 27.8 Å². The number of nitrogens with zero attached hydrogens (tertiary/aromatic N) is 2. The summed E-state index contributed by atoms with van der Waals surface area (Å²) in [5.41, 5.74) is 2.41. The van der Waals surface area contributed by atoms with E-state index < -0.39 is 48.3 Å². The Kier molecular flexibility index (Phi) is 9.17. The predicted molar refractivity (Wildman–Crippen MR) is 194 cm³/mol. The molecule has 1 saturated heterocycles. The second-order valence-electron chi connectivity index (χ2n) is 13.7. The number of rotatable bonds is 6. The molecular weight excluding hydrogens is 696 g/mol. The van der Waals surface area contributed by atoms with Crippen LogP contribution in [-0.4, -0.2) is 107 Å². The topological polar surface area (TPSA) is 177 Å². The number of Topliss-reactive ketones (excluding diaryl/α,β-unsaturated/α-hetero) is 1. The van der Waals surface area contributed by atoms with Crippen molar-refractivity contribution in [1.29, 1.82) is 0 Å². The summed E-state index contributed by atoms with van der Waals surface area (Å²) in [4.78, 5) is 33.2. The first-order valence-electron chi connectivity index (χ1n) is 17.4. The minimum atomic E-state index is -2.42. The molecule has 8 rings (SSSR count). The first-order chi connectivity index (χ1) is 26.1. The molecule has 13 nitrogen and oxygen atoms in total. The number of amides is 1. The molecule has 3 aromatic carbocycles. The van der Waals surface area contributed by atoms with E-state index in [1.165, 1.54) is 18.1 Å². The van der Waals surface area contributed by atoms with Crippen LogP contribution in [0.25, 0.3) is 10.8 Å². The quantitative estimate of drug-likeness (QED) is 0.217. The number of hydrogen-bond acceptors (Lipinski definition) is 12. The molecule has 1 fully saturated rings. The standard InChI is InChI=1S/C41H36N2O11/c1-22-13-24-14-26(50-2)15-32-35(24)37(47)34(22)31(45)18-43-17-29-23(7-5-10-28(29)39(43)48)8-6-12-52-38-36(46)33(54-40(53-32)41(38,49)21-44)20-51-19-25-16-42-30-11-4-3-9-27(25)30/h3-5,7,9-11,13-16,33,36,38,40,44,46,49H,8,17-21H2,1-2H3/p+1/t33-,36-,38-,40+,41-/m1/s1. The minimum absolute atomic E-state index is 0.0205. The fraction of sp³-hybridized carbons (Fsp3) is 0.317. The maximum Gasteiger partial charge on any atom is 0.254 e. The summed E-state index contributed by atoms with van der Waals surface area (Å²) >= 11 is 0. The Hall–Kier alpha value is -5.62. The van der Waals surface area contributed by atoms with Gasteiger partial charge in [-0.3, -0.25) is 9.59 Å². The molecule has 5 atom stereocenters. The Balaban J connectivity index is 1.21. The van der Waals surface area contributed by atoms with Gasteiger partial charge >= 0.3 is 0 Å². The van der Waals surface area contributed by atoms with Crippen molar-refractivity contribution in [2.75, 3.05) is 33.5 Å². The van der Waals surface area contributed by atoms with Crippen molar-refractivity contribution in [2.45, 2.75) is 50.1 Å². The van der Waals surface area contributed by atoms with Crippen LogP contribution in [0, 0.1) is 25.4 Å². The molecule has 0 aromatic heterocycles. The third-order valence-electron chi connectivity index (χ3n) is 10.4. The summed E-state index contributed by atoms with van der Waals surface area (Å²) in [5, 5.41) is 46.8. The predicted octanol–water partition coefficient (Wildman–Crippen LogP) is 2.85. The lowest BCUT2D eigenvalue weighted by atomic mass is 9.86. The molecule has 5 aliphatic rings. The molecule has 54 heavy (non-hydrogen) atoms. The van der Waals surface area contributed by atoms with Crippen LogP contribution in [-0.2, 0) is 27.2 Å². The lowest BCUT2D eigenvalue weighted by Crippen LogP contribution is -2.70. The second kappa shape index (κ2) is 14.0. The smallest absolute Gasteiger partial charge is 0.254 e. The van der Waals surface area contributed by atoms with E-state index in [2.05, 4.69) is 17.0 Å². The Morgan fingerprint density at radius 3 is 2.85 bits per heavy atom. The van der Waals surface area contributed by atoms with Crippen molar-refractivity contribution in [1.82, 2.24) is 4.90 Å². The summed E-state index contributed by atoms with van der Waals surface area (Å²) in [7, 11) is 1.44. The Morgan fingerprint density at radius 1 is 1.19 bits per heavy atom. The van der Waals surface area contributed by atoms with Gasteiger partial charge in [0.25, 0.3) is 5.91 Å². The maximum absolute atomic E-state index is 14.0. The number of carbonyl (C=O) groups is 2. The first-order valence-corrected chi connectivity index (χ1v) is 17.4. The molecule has 6 bridgehead atoms. The summed E-state index contributed by atoms with van der Waals surface area (Å²) in [6.07, 6.45) is 5.94. The van der Waals surface area contributed by atoms with Gasteiger partial charge in [-0.2, -0.15) is 4.99 Å². The Morgan fingerprint density at radius 2 is 2.04 bits per heavy atom. The van der Waals surface area contributed by atoms with Gasteiger partial charge < -0.3 is 49.0 Å². The van der Waals surface area contributed by atoms with Crippen molar-refractivity contribution in [3.8, 4) is 29.3 Å². The van der Waals surface area contributed by atoms with Crippen LogP contribution in [0.2, 0.25) is 0 Å². The SMILES string of the molecule is COc1cc2c3c(O)c(c(C)cc3c1)C(=O)CN1Cc3c(cccc3C1=O)CC#CO[C@@H]1[C@H](O)[C@@H](COCC3=C4[CH+]C=CC=C4N=C3)O[C@H](O2)[C@@]1(O)CO. The normalized spacial score (nSPS) is 25.6. The van der Waals surface area contributed by atoms with Crippen molar-refractivity contribution in [3.05, 3.63) is 106 Å². The van der Waals surface area contributed by atoms with Crippen molar-refractivity contribution < 1.29 is 53.7 Å². The van der Waals surface area contributed by atoms with E-state index in [1.54, 1.807) is 37.4 Å². The number of phenolic OH excluding ortho intramolecular Hbond substituents is 1. The molecule has 0 radical (unpaired) electrons. The molecule has 1 aliphatic carbocycles. The van der Waals surface area contributed by atoms with E-state index >= 15 is 0 Å². The van der Waals surface area contributed by atoms with Crippen LogP contribution in [0.15, 0.2) is 76.5 Å². The molecule has 1 amide bonds. The molecule has 0 unspecified atom stereocenters. The summed E-state index contributed by atoms with van der Waals surface area (Å²) < 4.78 is 29.9. The zero-order valence-electron chi connectivity index (χ0n) is 29.4. The van der Waals surface area contributed by atoms with Crippen LogP contribution < -0.4 is 9.47 Å². The fourth-order valence-corrected chi connectivity index (χ4v) is 7.57. The summed E-state index contributed by atoms with van der Waals surface area (Å²) in [6.45, 7) is 0.452. The molecule has 0 saturated carbocycles. The third-order valence-corrected chi connectivity index (χ3v) is 10.4. The van der Waals surface area contributed by atoms with Gasteiger partial charge in [0, 0.05) is 49.2 Å². The van der Waals surface area contributed by atoms with Crippen LogP contribution >= 0.6 is 0 Å². The van der Waals surface area contributed by atoms with Crippen LogP contribution in [0.1, 0.15) is 37.4 Å².